The second kappa shape index (κ2) is 10.6. The van der Waals surface area contributed by atoms with Gasteiger partial charge in [-0.2, -0.15) is 0 Å². The van der Waals surface area contributed by atoms with Gasteiger partial charge in [-0.1, -0.05) is 19.8 Å². The molecule has 0 amide bonds. The van der Waals surface area contributed by atoms with Gasteiger partial charge >= 0.3 is 0 Å². The highest BCUT2D eigenvalue weighted by Gasteiger charge is 2.19. The zero-order valence-corrected chi connectivity index (χ0v) is 13.1. The molecule has 1 rings (SSSR count). The Balaban J connectivity index is 2.16. The summed E-state index contributed by atoms with van der Waals surface area (Å²) in [5.74, 6) is 1.61. The molecular formula is C16H34N2O. The van der Waals surface area contributed by atoms with E-state index >= 15 is 0 Å². The van der Waals surface area contributed by atoms with E-state index in [2.05, 4.69) is 11.8 Å². The molecule has 1 saturated heterocycles. The van der Waals surface area contributed by atoms with Crippen LogP contribution in [0.4, 0.5) is 0 Å². The normalized spacial score (nSPS) is 22.6. The van der Waals surface area contributed by atoms with Gasteiger partial charge in [0.2, 0.25) is 0 Å². The van der Waals surface area contributed by atoms with Gasteiger partial charge in [0.15, 0.2) is 0 Å². The second-order valence-corrected chi connectivity index (χ2v) is 6.14. The molecule has 1 heterocycles. The predicted molar refractivity (Wildman–Crippen MR) is 82.3 cm³/mol. The molecule has 0 bridgehead atoms. The van der Waals surface area contributed by atoms with Crippen LogP contribution in [-0.2, 0) is 4.74 Å². The SMILES string of the molecule is CCCC(CCN)CCCN1CCCC(COC)C1. The number of nitrogens with two attached hydrogens (primary N) is 1. The van der Waals surface area contributed by atoms with Crippen LogP contribution >= 0.6 is 0 Å². The molecular weight excluding hydrogens is 236 g/mol. The largest absolute Gasteiger partial charge is 0.384 e. The van der Waals surface area contributed by atoms with Gasteiger partial charge in [0.25, 0.3) is 0 Å². The maximum absolute atomic E-state index is 5.70. The van der Waals surface area contributed by atoms with Crippen LogP contribution in [0.25, 0.3) is 0 Å². The third-order valence-corrected chi connectivity index (χ3v) is 4.36. The Bertz CT molecular complexity index is 203. The standard InChI is InChI=1S/C16H34N2O/c1-3-6-15(9-10-17)7-4-11-18-12-5-8-16(13-18)14-19-2/h15-16H,3-14,17H2,1-2H3. The number of ether oxygens (including phenoxy) is 1. The average molecular weight is 270 g/mol. The van der Waals surface area contributed by atoms with Crippen LogP contribution in [0.3, 0.4) is 0 Å². The Kier molecular flexibility index (Phi) is 9.48. The Morgan fingerprint density at radius 3 is 2.84 bits per heavy atom. The summed E-state index contributed by atoms with van der Waals surface area (Å²) in [6.45, 7) is 7.86. The average Bonchev–Trinajstić information content (AvgIpc) is 2.40. The number of hydrogen-bond donors (Lipinski definition) is 1. The van der Waals surface area contributed by atoms with Gasteiger partial charge in [0, 0.05) is 13.7 Å². The molecule has 2 atom stereocenters. The first-order chi connectivity index (χ1) is 9.30. The molecule has 0 radical (unpaired) electrons. The molecule has 0 aromatic carbocycles. The highest BCUT2D eigenvalue weighted by molar-refractivity contribution is 4.73. The summed E-state index contributed by atoms with van der Waals surface area (Å²) in [6, 6.07) is 0. The van der Waals surface area contributed by atoms with Crippen molar-refractivity contribution in [2.45, 2.75) is 51.9 Å². The third-order valence-electron chi connectivity index (χ3n) is 4.36. The molecule has 1 aliphatic heterocycles. The number of rotatable bonds is 10. The molecule has 0 spiro atoms. The quantitative estimate of drug-likeness (QED) is 0.663. The van der Waals surface area contributed by atoms with Crippen molar-refractivity contribution in [2.75, 3.05) is 39.9 Å². The summed E-state index contributed by atoms with van der Waals surface area (Å²) in [7, 11) is 1.82. The monoisotopic (exact) mass is 270 g/mol. The van der Waals surface area contributed by atoms with Gasteiger partial charge in [-0.15, -0.1) is 0 Å². The van der Waals surface area contributed by atoms with E-state index in [0.29, 0.717) is 0 Å². The molecule has 19 heavy (non-hydrogen) atoms. The summed E-state index contributed by atoms with van der Waals surface area (Å²) in [6.07, 6.45) is 9.24. The van der Waals surface area contributed by atoms with Gasteiger partial charge in [-0.05, 0) is 63.6 Å². The fourth-order valence-corrected chi connectivity index (χ4v) is 3.41. The Labute approximate surface area is 119 Å². The van der Waals surface area contributed by atoms with Crippen molar-refractivity contribution in [1.82, 2.24) is 4.90 Å². The van der Waals surface area contributed by atoms with Crippen molar-refractivity contribution in [3.63, 3.8) is 0 Å². The Hall–Kier alpha value is -0.120. The van der Waals surface area contributed by atoms with E-state index in [4.69, 9.17) is 10.5 Å². The summed E-state index contributed by atoms with van der Waals surface area (Å²) in [5, 5.41) is 0. The van der Waals surface area contributed by atoms with E-state index < -0.39 is 0 Å². The third kappa shape index (κ3) is 7.28. The van der Waals surface area contributed by atoms with Crippen molar-refractivity contribution < 1.29 is 4.74 Å². The molecule has 1 aliphatic rings. The first kappa shape index (κ1) is 16.9. The van der Waals surface area contributed by atoms with Crippen LogP contribution in [0.15, 0.2) is 0 Å². The first-order valence-corrected chi connectivity index (χ1v) is 8.21. The molecule has 2 N–H and O–H groups in total. The van der Waals surface area contributed by atoms with E-state index in [1.54, 1.807) is 0 Å². The molecule has 2 unspecified atom stereocenters. The van der Waals surface area contributed by atoms with Gasteiger partial charge in [-0.25, -0.2) is 0 Å². The molecule has 0 saturated carbocycles. The van der Waals surface area contributed by atoms with Gasteiger partial charge in [0.1, 0.15) is 0 Å². The lowest BCUT2D eigenvalue weighted by molar-refractivity contribution is 0.0891. The van der Waals surface area contributed by atoms with E-state index in [0.717, 1.165) is 25.0 Å². The molecule has 3 nitrogen and oxygen atoms in total. The molecule has 114 valence electrons. The van der Waals surface area contributed by atoms with Crippen LogP contribution in [0.5, 0.6) is 0 Å². The van der Waals surface area contributed by atoms with E-state index in [9.17, 15) is 0 Å². The molecule has 1 fully saturated rings. The first-order valence-electron chi connectivity index (χ1n) is 8.21. The molecule has 0 aromatic rings. The van der Waals surface area contributed by atoms with Crippen molar-refractivity contribution in [1.29, 1.82) is 0 Å². The summed E-state index contributed by atoms with van der Waals surface area (Å²) in [4.78, 5) is 2.64. The fraction of sp³-hybridized carbons (Fsp3) is 1.00. The maximum atomic E-state index is 5.70. The number of hydrogen-bond acceptors (Lipinski definition) is 3. The minimum Gasteiger partial charge on any atom is -0.384 e. The summed E-state index contributed by atoms with van der Waals surface area (Å²) < 4.78 is 5.30. The lowest BCUT2D eigenvalue weighted by atomic mass is 9.94. The van der Waals surface area contributed by atoms with E-state index in [1.165, 1.54) is 64.6 Å². The number of likely N-dealkylation sites (tertiary alicyclic amines) is 1. The zero-order chi connectivity index (χ0) is 13.9. The summed E-state index contributed by atoms with van der Waals surface area (Å²) >= 11 is 0. The van der Waals surface area contributed by atoms with Crippen molar-refractivity contribution in [3.8, 4) is 0 Å². The maximum Gasteiger partial charge on any atom is 0.0502 e. The highest BCUT2D eigenvalue weighted by atomic mass is 16.5. The number of piperidine rings is 1. The molecule has 3 heteroatoms. The van der Waals surface area contributed by atoms with E-state index in [-0.39, 0.29) is 0 Å². The Morgan fingerprint density at radius 2 is 2.16 bits per heavy atom. The van der Waals surface area contributed by atoms with Crippen LogP contribution in [0, 0.1) is 11.8 Å². The van der Waals surface area contributed by atoms with Crippen LogP contribution in [-0.4, -0.2) is 44.8 Å². The van der Waals surface area contributed by atoms with Gasteiger partial charge in [-0.3, -0.25) is 0 Å². The van der Waals surface area contributed by atoms with Crippen LogP contribution in [0.1, 0.15) is 51.9 Å². The smallest absolute Gasteiger partial charge is 0.0502 e. The summed E-state index contributed by atoms with van der Waals surface area (Å²) in [5.41, 5.74) is 5.70. The van der Waals surface area contributed by atoms with Crippen molar-refractivity contribution in [2.24, 2.45) is 17.6 Å². The molecule has 0 aliphatic carbocycles. The number of methoxy groups -OCH3 is 1. The molecule has 0 aromatic heterocycles. The van der Waals surface area contributed by atoms with Gasteiger partial charge in [0.05, 0.1) is 6.61 Å². The topological polar surface area (TPSA) is 38.5 Å². The number of nitrogens with zero attached hydrogens (tertiary/aromatic N) is 1. The minimum absolute atomic E-state index is 0.759. The Morgan fingerprint density at radius 1 is 1.32 bits per heavy atom. The van der Waals surface area contributed by atoms with Crippen LogP contribution in [0.2, 0.25) is 0 Å². The van der Waals surface area contributed by atoms with Crippen molar-refractivity contribution >= 4 is 0 Å². The lowest BCUT2D eigenvalue weighted by Gasteiger charge is -2.32. The highest BCUT2D eigenvalue weighted by Crippen LogP contribution is 2.20. The lowest BCUT2D eigenvalue weighted by Crippen LogP contribution is -2.37. The van der Waals surface area contributed by atoms with E-state index in [1.807, 2.05) is 7.11 Å². The van der Waals surface area contributed by atoms with Crippen molar-refractivity contribution in [3.05, 3.63) is 0 Å². The van der Waals surface area contributed by atoms with Gasteiger partial charge < -0.3 is 15.4 Å². The minimum atomic E-state index is 0.759. The zero-order valence-electron chi connectivity index (χ0n) is 13.1. The van der Waals surface area contributed by atoms with Crippen LogP contribution < -0.4 is 5.73 Å². The predicted octanol–water partition coefficient (Wildman–Crippen LogP) is 2.89. The second-order valence-electron chi connectivity index (χ2n) is 6.14. The fourth-order valence-electron chi connectivity index (χ4n) is 3.41.